The maximum atomic E-state index is 13.0. The summed E-state index contributed by atoms with van der Waals surface area (Å²) in [5.74, 6) is 0.0957. The molecule has 2 amide bonds. The lowest BCUT2D eigenvalue weighted by molar-refractivity contribution is -0.123. The Morgan fingerprint density at radius 1 is 0.964 bits per heavy atom. The van der Waals surface area contributed by atoms with E-state index in [4.69, 9.17) is 4.98 Å². The Hall–Kier alpha value is -2.79. The predicted molar refractivity (Wildman–Crippen MR) is 110 cm³/mol. The fourth-order valence-electron chi connectivity index (χ4n) is 5.07. The minimum Gasteiger partial charge on any atom is -0.274 e. The zero-order valence-electron chi connectivity index (χ0n) is 15.3. The van der Waals surface area contributed by atoms with Gasteiger partial charge in [-0.3, -0.25) is 14.5 Å². The lowest BCUT2D eigenvalue weighted by Crippen LogP contribution is -2.32. The summed E-state index contributed by atoms with van der Waals surface area (Å²) in [6, 6.07) is 13.9. The Morgan fingerprint density at radius 3 is 2.32 bits per heavy atom. The number of carbonyl (C=O) groups is 2. The smallest absolute Gasteiger partial charge is 0.238 e. The number of aryl methyl sites for hydroxylation is 1. The lowest BCUT2D eigenvalue weighted by Gasteiger charge is -2.17. The molecule has 4 atom stereocenters. The normalized spacial score (nSPS) is 28.0. The van der Waals surface area contributed by atoms with Gasteiger partial charge in [-0.2, -0.15) is 0 Å². The second-order valence-corrected chi connectivity index (χ2v) is 9.08. The fourth-order valence-corrected chi connectivity index (χ4v) is 6.13. The van der Waals surface area contributed by atoms with Crippen LogP contribution in [0.4, 0.5) is 5.69 Å². The van der Waals surface area contributed by atoms with Crippen molar-refractivity contribution in [2.45, 2.75) is 13.3 Å². The summed E-state index contributed by atoms with van der Waals surface area (Å²) in [5.41, 5.74) is 3.89. The van der Waals surface area contributed by atoms with E-state index in [0.717, 1.165) is 22.5 Å². The molecule has 5 heteroatoms. The number of fused-ring (bicyclic) bond motifs is 6. The average Bonchev–Trinajstić information content (AvgIpc) is 3.45. The molecule has 2 fully saturated rings. The highest BCUT2D eigenvalue weighted by atomic mass is 32.1. The maximum Gasteiger partial charge on any atom is 0.238 e. The van der Waals surface area contributed by atoms with Gasteiger partial charge in [0.25, 0.3) is 0 Å². The Kier molecular flexibility index (Phi) is 3.24. The topological polar surface area (TPSA) is 50.3 Å². The van der Waals surface area contributed by atoms with Crippen molar-refractivity contribution in [1.82, 2.24) is 4.98 Å². The average molecular weight is 386 g/mol. The molecule has 0 unspecified atom stereocenters. The lowest BCUT2D eigenvalue weighted by atomic mass is 9.85. The van der Waals surface area contributed by atoms with Crippen LogP contribution in [0.2, 0.25) is 0 Å². The molecule has 2 heterocycles. The molecular formula is C23H18N2O2S. The standard InChI is InChI=1S/C23H18N2O2S/c1-12-2-9-17-18(10-12)28-21(24-17)13-5-7-16(8-6-13)25-22(26)19-14-3-4-15(11-14)20(19)23(25)27/h2-10,14-15,19-20H,11H2,1H3/t14-,15+,19-,20-/m0/s1. The third-order valence-electron chi connectivity index (χ3n) is 6.39. The van der Waals surface area contributed by atoms with Crippen molar-refractivity contribution in [3.63, 3.8) is 0 Å². The van der Waals surface area contributed by atoms with Crippen molar-refractivity contribution in [3.05, 3.63) is 60.2 Å². The highest BCUT2D eigenvalue weighted by molar-refractivity contribution is 7.21. The van der Waals surface area contributed by atoms with E-state index in [2.05, 4.69) is 31.2 Å². The quantitative estimate of drug-likeness (QED) is 0.478. The summed E-state index contributed by atoms with van der Waals surface area (Å²) in [7, 11) is 0. The van der Waals surface area contributed by atoms with E-state index in [1.165, 1.54) is 15.2 Å². The number of anilines is 1. The first-order valence-corrected chi connectivity index (χ1v) is 10.5. The molecule has 0 radical (unpaired) electrons. The molecule has 1 saturated heterocycles. The van der Waals surface area contributed by atoms with E-state index < -0.39 is 0 Å². The van der Waals surface area contributed by atoms with Gasteiger partial charge < -0.3 is 0 Å². The largest absolute Gasteiger partial charge is 0.274 e. The van der Waals surface area contributed by atoms with Crippen molar-refractivity contribution in [1.29, 1.82) is 0 Å². The van der Waals surface area contributed by atoms with Crippen molar-refractivity contribution in [3.8, 4) is 10.6 Å². The van der Waals surface area contributed by atoms with E-state index in [9.17, 15) is 9.59 Å². The van der Waals surface area contributed by atoms with Gasteiger partial charge in [-0.1, -0.05) is 18.2 Å². The van der Waals surface area contributed by atoms with E-state index in [1.54, 1.807) is 11.3 Å². The third kappa shape index (κ3) is 2.14. The van der Waals surface area contributed by atoms with Crippen LogP contribution in [-0.4, -0.2) is 16.8 Å². The molecule has 2 bridgehead atoms. The monoisotopic (exact) mass is 386 g/mol. The van der Waals surface area contributed by atoms with Crippen LogP contribution in [0.15, 0.2) is 54.6 Å². The van der Waals surface area contributed by atoms with Crippen LogP contribution in [0, 0.1) is 30.6 Å². The minimum atomic E-state index is -0.158. The van der Waals surface area contributed by atoms with Crippen molar-refractivity contribution < 1.29 is 9.59 Å². The molecule has 0 spiro atoms. The zero-order valence-corrected chi connectivity index (χ0v) is 16.1. The first-order valence-electron chi connectivity index (χ1n) is 9.64. The van der Waals surface area contributed by atoms with Crippen LogP contribution >= 0.6 is 11.3 Å². The molecule has 1 aromatic heterocycles. The van der Waals surface area contributed by atoms with E-state index in [-0.39, 0.29) is 35.5 Å². The number of rotatable bonds is 2. The molecule has 2 aliphatic carbocycles. The maximum absolute atomic E-state index is 13.0. The number of nitrogens with zero attached hydrogens (tertiary/aromatic N) is 2. The highest BCUT2D eigenvalue weighted by Crippen LogP contribution is 2.53. The highest BCUT2D eigenvalue weighted by Gasteiger charge is 2.59. The number of amides is 2. The van der Waals surface area contributed by atoms with Gasteiger partial charge in [-0.15, -0.1) is 11.3 Å². The van der Waals surface area contributed by atoms with E-state index in [0.29, 0.717) is 5.69 Å². The Morgan fingerprint density at radius 2 is 1.64 bits per heavy atom. The number of aromatic nitrogens is 1. The molecule has 4 nitrogen and oxygen atoms in total. The number of allylic oxidation sites excluding steroid dienone is 2. The van der Waals surface area contributed by atoms with Crippen LogP contribution < -0.4 is 4.90 Å². The molecule has 1 aliphatic heterocycles. The van der Waals surface area contributed by atoms with Gasteiger partial charge in [-0.25, -0.2) is 4.98 Å². The van der Waals surface area contributed by atoms with Crippen LogP contribution in [0.25, 0.3) is 20.8 Å². The van der Waals surface area contributed by atoms with Gasteiger partial charge in [0.1, 0.15) is 5.01 Å². The molecule has 2 aromatic carbocycles. The van der Waals surface area contributed by atoms with Gasteiger partial charge in [-0.05, 0) is 67.1 Å². The molecule has 3 aliphatic rings. The number of benzene rings is 2. The van der Waals surface area contributed by atoms with Gasteiger partial charge in [0.05, 0.1) is 27.7 Å². The second-order valence-electron chi connectivity index (χ2n) is 8.05. The van der Waals surface area contributed by atoms with E-state index >= 15 is 0 Å². The van der Waals surface area contributed by atoms with Gasteiger partial charge >= 0.3 is 0 Å². The first kappa shape index (κ1) is 16.2. The summed E-state index contributed by atoms with van der Waals surface area (Å²) < 4.78 is 1.17. The van der Waals surface area contributed by atoms with Crippen LogP contribution in [0.3, 0.4) is 0 Å². The van der Waals surface area contributed by atoms with Gasteiger partial charge in [0.15, 0.2) is 0 Å². The molecule has 6 rings (SSSR count). The van der Waals surface area contributed by atoms with Crippen molar-refractivity contribution >= 4 is 39.1 Å². The summed E-state index contributed by atoms with van der Waals surface area (Å²) in [6.07, 6.45) is 5.20. The predicted octanol–water partition coefficient (Wildman–Crippen LogP) is 4.58. The molecule has 0 N–H and O–H groups in total. The SMILES string of the molecule is Cc1ccc2nc(-c3ccc(N4C(=O)[C@@H]5[C@@H](C4=O)[C@H]4C=C[C@@H]5C4)cc3)sc2c1. The molecule has 1 saturated carbocycles. The number of thiazole rings is 1. The van der Waals surface area contributed by atoms with Crippen LogP contribution in [0.5, 0.6) is 0 Å². The van der Waals surface area contributed by atoms with Crippen LogP contribution in [0.1, 0.15) is 12.0 Å². The number of carbonyl (C=O) groups excluding carboxylic acids is 2. The third-order valence-corrected chi connectivity index (χ3v) is 7.45. The van der Waals surface area contributed by atoms with Crippen molar-refractivity contribution in [2.75, 3.05) is 4.90 Å². The number of imide groups is 1. The fraction of sp³-hybridized carbons (Fsp3) is 0.261. The first-order chi connectivity index (χ1) is 13.6. The van der Waals surface area contributed by atoms with Crippen LogP contribution in [-0.2, 0) is 9.59 Å². The Bertz CT molecular complexity index is 1150. The molecule has 28 heavy (non-hydrogen) atoms. The molecule has 3 aromatic rings. The summed E-state index contributed by atoms with van der Waals surface area (Å²) in [5, 5.41) is 0.949. The summed E-state index contributed by atoms with van der Waals surface area (Å²) >= 11 is 1.66. The van der Waals surface area contributed by atoms with Gasteiger partial charge in [0.2, 0.25) is 11.8 Å². The Balaban J connectivity index is 1.33. The number of hydrogen-bond donors (Lipinski definition) is 0. The second kappa shape index (κ2) is 5.61. The van der Waals surface area contributed by atoms with Crippen molar-refractivity contribution in [2.24, 2.45) is 23.7 Å². The summed E-state index contributed by atoms with van der Waals surface area (Å²) in [4.78, 5) is 32.0. The Labute approximate surface area is 166 Å². The van der Waals surface area contributed by atoms with Gasteiger partial charge in [0, 0.05) is 5.56 Å². The summed E-state index contributed by atoms with van der Waals surface area (Å²) in [6.45, 7) is 2.08. The molecule has 138 valence electrons. The van der Waals surface area contributed by atoms with E-state index in [1.807, 2.05) is 30.3 Å². The number of hydrogen-bond acceptors (Lipinski definition) is 4. The molecular weight excluding hydrogens is 368 g/mol. The zero-order chi connectivity index (χ0) is 19.0. The minimum absolute atomic E-state index is 0.0323.